The summed E-state index contributed by atoms with van der Waals surface area (Å²) >= 11 is 24.4. The Morgan fingerprint density at radius 2 is 1.62 bits per heavy atom. The zero-order valence-corrected chi connectivity index (χ0v) is 26.1. The van der Waals surface area contributed by atoms with E-state index < -0.39 is 79.8 Å². The van der Waals surface area contributed by atoms with Crippen molar-refractivity contribution in [3.8, 4) is 0 Å². The molecule has 0 bridgehead atoms. The molecular formula is C29H22Cl4F5N3O4. The van der Waals surface area contributed by atoms with Gasteiger partial charge in [-0.25, -0.2) is 8.78 Å². The van der Waals surface area contributed by atoms with Crippen LogP contribution in [0.2, 0.25) is 10.0 Å². The van der Waals surface area contributed by atoms with Crippen molar-refractivity contribution >= 4 is 81.2 Å². The number of rotatable bonds is 9. The van der Waals surface area contributed by atoms with Gasteiger partial charge in [-0.15, -0.1) is 23.2 Å². The zero-order valence-electron chi connectivity index (χ0n) is 23.1. The molecule has 1 aliphatic carbocycles. The number of amides is 3. The highest BCUT2D eigenvalue weighted by atomic mass is 35.5. The third-order valence-electron chi connectivity index (χ3n) is 6.84. The van der Waals surface area contributed by atoms with Gasteiger partial charge in [-0.3, -0.25) is 14.4 Å². The van der Waals surface area contributed by atoms with Crippen LogP contribution < -0.4 is 16.0 Å². The van der Waals surface area contributed by atoms with E-state index in [1.165, 1.54) is 25.1 Å². The van der Waals surface area contributed by atoms with E-state index in [0.717, 1.165) is 30.3 Å². The second-order valence-electron chi connectivity index (χ2n) is 9.88. The van der Waals surface area contributed by atoms with Crippen LogP contribution in [0.1, 0.15) is 41.3 Å². The van der Waals surface area contributed by atoms with Crippen LogP contribution in [0.5, 0.6) is 0 Å². The van der Waals surface area contributed by atoms with E-state index >= 15 is 4.39 Å². The Kier molecular flexibility index (Phi) is 10.3. The van der Waals surface area contributed by atoms with Crippen LogP contribution >= 0.6 is 46.4 Å². The molecule has 240 valence electrons. The maximum Gasteiger partial charge on any atom is 0.417 e. The number of hydrogen-bond donors (Lipinski definition) is 3. The number of nitrogens with one attached hydrogen (secondary N) is 3. The summed E-state index contributed by atoms with van der Waals surface area (Å²) in [6.45, 7) is 3.20. The zero-order chi connectivity index (χ0) is 33.4. The molecule has 0 heterocycles. The largest absolute Gasteiger partial charge is 0.417 e. The lowest BCUT2D eigenvalue weighted by Gasteiger charge is -2.15. The van der Waals surface area contributed by atoms with Crippen LogP contribution in [0.4, 0.5) is 39.0 Å². The molecule has 3 N–H and O–H groups in total. The van der Waals surface area contributed by atoms with Gasteiger partial charge in [-0.05, 0) is 61.9 Å². The van der Waals surface area contributed by atoms with Gasteiger partial charge in [0.1, 0.15) is 21.9 Å². The molecule has 0 aliphatic heterocycles. The molecule has 3 aromatic rings. The maximum absolute atomic E-state index is 15.1. The van der Waals surface area contributed by atoms with E-state index in [1.807, 2.05) is 0 Å². The topological polar surface area (TPSA) is 96.5 Å². The first-order chi connectivity index (χ1) is 21.0. The SMILES string of the molecule is CCOC(C)C(=O)Nc1c(F)ccc(NC(=O)c2cc(NC(=O)[C@H]3[C@H](c4ccc(Cl)c(C(F)(F)F)c4)C3(Cl)Cl)ccc2Cl)c1F. The van der Waals surface area contributed by atoms with E-state index in [0.29, 0.717) is 0 Å². The summed E-state index contributed by atoms with van der Waals surface area (Å²) in [5.41, 5.74) is -2.60. The highest BCUT2D eigenvalue weighted by molar-refractivity contribution is 6.53. The summed E-state index contributed by atoms with van der Waals surface area (Å²) in [5, 5.41) is 6.17. The monoisotopic (exact) mass is 711 g/mol. The minimum atomic E-state index is -4.75. The minimum Gasteiger partial charge on any atom is -0.369 e. The Balaban J connectivity index is 1.51. The molecule has 7 nitrogen and oxygen atoms in total. The summed E-state index contributed by atoms with van der Waals surface area (Å²) in [4.78, 5) is 38.3. The number of hydrogen-bond acceptors (Lipinski definition) is 4. The summed E-state index contributed by atoms with van der Waals surface area (Å²) in [5.74, 6) is -7.13. The van der Waals surface area contributed by atoms with E-state index in [2.05, 4.69) is 16.0 Å². The Hall–Kier alpha value is -3.16. The molecule has 1 aliphatic rings. The second kappa shape index (κ2) is 13.3. The van der Waals surface area contributed by atoms with Crippen LogP contribution in [0.25, 0.3) is 0 Å². The molecule has 1 fully saturated rings. The molecule has 16 heteroatoms. The van der Waals surface area contributed by atoms with Crippen molar-refractivity contribution in [2.75, 3.05) is 22.6 Å². The molecule has 0 radical (unpaired) electrons. The predicted octanol–water partition coefficient (Wildman–Crippen LogP) is 8.43. The molecular weight excluding hydrogens is 691 g/mol. The van der Waals surface area contributed by atoms with E-state index in [-0.39, 0.29) is 28.4 Å². The lowest BCUT2D eigenvalue weighted by Crippen LogP contribution is -2.28. The van der Waals surface area contributed by atoms with E-state index in [1.54, 1.807) is 6.92 Å². The van der Waals surface area contributed by atoms with Gasteiger partial charge >= 0.3 is 6.18 Å². The molecule has 3 atom stereocenters. The fraction of sp³-hybridized carbons (Fsp3) is 0.276. The molecule has 0 spiro atoms. The van der Waals surface area contributed by atoms with Crippen molar-refractivity contribution in [3.63, 3.8) is 0 Å². The average molecular weight is 713 g/mol. The number of alkyl halides is 5. The highest BCUT2D eigenvalue weighted by Gasteiger charge is 2.67. The van der Waals surface area contributed by atoms with Crippen LogP contribution in [-0.4, -0.2) is 34.8 Å². The van der Waals surface area contributed by atoms with Gasteiger partial charge in [0.2, 0.25) is 5.91 Å². The molecule has 0 saturated heterocycles. The first-order valence-electron chi connectivity index (χ1n) is 13.0. The number of carbonyl (C=O) groups is 3. The molecule has 3 aromatic carbocycles. The van der Waals surface area contributed by atoms with Crippen molar-refractivity contribution in [1.29, 1.82) is 0 Å². The maximum atomic E-state index is 15.1. The van der Waals surface area contributed by atoms with Crippen LogP contribution in [-0.2, 0) is 20.5 Å². The standard InChI is InChI=1S/C29H22Cl4F5N3O4/c1-3-45-12(2)25(42)41-24-19(34)8-9-20(23(24)35)40-26(43)15-11-14(5-7-17(15)30)39-27(44)22-21(28(22,32)33)13-4-6-18(31)16(10-13)29(36,37)38/h4-12,21-22H,3H2,1-2H3,(H,39,44)(H,40,43)(H,41,42)/t12?,21-,22+/m0/s1. The van der Waals surface area contributed by atoms with Crippen molar-refractivity contribution in [1.82, 2.24) is 0 Å². The molecule has 4 rings (SSSR count). The molecule has 3 amide bonds. The predicted molar refractivity (Wildman–Crippen MR) is 161 cm³/mol. The van der Waals surface area contributed by atoms with Gasteiger partial charge in [0.15, 0.2) is 5.82 Å². The number of ether oxygens (including phenoxy) is 1. The number of anilines is 3. The fourth-order valence-corrected chi connectivity index (χ4v) is 5.78. The van der Waals surface area contributed by atoms with Gasteiger partial charge < -0.3 is 20.7 Å². The van der Waals surface area contributed by atoms with Crippen LogP contribution in [0.3, 0.4) is 0 Å². The summed E-state index contributed by atoms with van der Waals surface area (Å²) < 4.78 is 72.9. The fourth-order valence-electron chi connectivity index (χ4n) is 4.52. The third-order valence-corrected chi connectivity index (χ3v) is 8.44. The van der Waals surface area contributed by atoms with Crippen molar-refractivity contribution in [2.45, 2.75) is 36.4 Å². The van der Waals surface area contributed by atoms with Gasteiger partial charge in [-0.1, -0.05) is 29.3 Å². The summed E-state index contributed by atoms with van der Waals surface area (Å²) in [6.07, 6.45) is -5.77. The Labute approximate surface area is 273 Å². The Morgan fingerprint density at radius 3 is 2.27 bits per heavy atom. The highest BCUT2D eigenvalue weighted by Crippen LogP contribution is 2.65. The second-order valence-corrected chi connectivity index (χ2v) is 12.1. The smallest absolute Gasteiger partial charge is 0.369 e. The molecule has 0 aromatic heterocycles. The average Bonchev–Trinajstić information content (AvgIpc) is 3.54. The molecule has 45 heavy (non-hydrogen) atoms. The van der Waals surface area contributed by atoms with Crippen molar-refractivity contribution in [3.05, 3.63) is 86.9 Å². The normalized spacial score (nSPS) is 17.8. The van der Waals surface area contributed by atoms with E-state index in [4.69, 9.17) is 51.1 Å². The van der Waals surface area contributed by atoms with Gasteiger partial charge in [0.25, 0.3) is 11.8 Å². The lowest BCUT2D eigenvalue weighted by molar-refractivity contribution is -0.137. The number of benzene rings is 3. The molecule has 1 saturated carbocycles. The van der Waals surface area contributed by atoms with Crippen LogP contribution in [0, 0.1) is 17.6 Å². The van der Waals surface area contributed by atoms with Crippen molar-refractivity contribution < 1.29 is 41.1 Å². The van der Waals surface area contributed by atoms with Gasteiger partial charge in [-0.2, -0.15) is 13.2 Å². The number of halogens is 9. The Bertz CT molecular complexity index is 1670. The summed E-state index contributed by atoms with van der Waals surface area (Å²) in [7, 11) is 0. The third kappa shape index (κ3) is 7.47. The minimum absolute atomic E-state index is 0.0221. The first-order valence-corrected chi connectivity index (χ1v) is 14.5. The lowest BCUT2D eigenvalue weighted by atomic mass is 10.0. The van der Waals surface area contributed by atoms with E-state index in [9.17, 15) is 31.9 Å². The quantitative estimate of drug-likeness (QED) is 0.153. The van der Waals surface area contributed by atoms with Crippen molar-refractivity contribution in [2.24, 2.45) is 5.92 Å². The van der Waals surface area contributed by atoms with Gasteiger partial charge in [0.05, 0.1) is 32.8 Å². The number of carbonyl (C=O) groups excluding carboxylic acids is 3. The van der Waals surface area contributed by atoms with Gasteiger partial charge in [0, 0.05) is 18.2 Å². The van der Waals surface area contributed by atoms with Crippen LogP contribution in [0.15, 0.2) is 48.5 Å². The summed E-state index contributed by atoms with van der Waals surface area (Å²) in [6, 6.07) is 8.57. The first kappa shape index (κ1) is 34.7. The molecule has 1 unspecified atom stereocenters. The Morgan fingerprint density at radius 1 is 0.956 bits per heavy atom.